The lowest BCUT2D eigenvalue weighted by Crippen LogP contribution is -2.66. The summed E-state index contributed by atoms with van der Waals surface area (Å²) in [5, 5.41) is 12.7. The minimum atomic E-state index is 0.0316. The maximum atomic E-state index is 9.37. The van der Waals surface area contributed by atoms with Gasteiger partial charge in [-0.05, 0) is 49.7 Å². The number of methoxy groups -OCH3 is 1. The van der Waals surface area contributed by atoms with E-state index in [1.165, 1.54) is 11.1 Å². The Morgan fingerprint density at radius 1 is 1.50 bits per heavy atom. The standard InChI is InChI=1S/C16H24N2O2/c1-16-6-7-18(2)14(15(16)17-10-19)8-11-4-5-12(20-3)9-13(11)16/h4-5,9,14-15,17,19H,6-8,10H2,1-3H3. The first-order valence-electron chi connectivity index (χ1n) is 7.32. The monoisotopic (exact) mass is 276 g/mol. The zero-order valence-electron chi connectivity index (χ0n) is 12.5. The van der Waals surface area contributed by atoms with Crippen LogP contribution in [0, 0.1) is 0 Å². The van der Waals surface area contributed by atoms with Gasteiger partial charge in [0.05, 0.1) is 13.8 Å². The van der Waals surface area contributed by atoms with Gasteiger partial charge in [-0.25, -0.2) is 0 Å². The summed E-state index contributed by atoms with van der Waals surface area (Å²) >= 11 is 0. The number of benzene rings is 1. The molecule has 0 radical (unpaired) electrons. The van der Waals surface area contributed by atoms with Crippen molar-refractivity contribution in [3.05, 3.63) is 29.3 Å². The molecule has 1 heterocycles. The Hall–Kier alpha value is -1.10. The Labute approximate surface area is 120 Å². The largest absolute Gasteiger partial charge is 0.497 e. The van der Waals surface area contributed by atoms with Crippen molar-refractivity contribution in [1.82, 2.24) is 10.2 Å². The fourth-order valence-electron chi connectivity index (χ4n) is 4.06. The molecule has 1 aliphatic carbocycles. The molecule has 1 aromatic rings. The maximum Gasteiger partial charge on any atom is 0.119 e. The lowest BCUT2D eigenvalue weighted by Gasteiger charge is -2.54. The van der Waals surface area contributed by atoms with Crippen LogP contribution in [0.2, 0.25) is 0 Å². The van der Waals surface area contributed by atoms with Crippen LogP contribution in [-0.2, 0) is 11.8 Å². The predicted octanol–water partition coefficient (Wildman–Crippen LogP) is 1.12. The van der Waals surface area contributed by atoms with Crippen LogP contribution in [0.5, 0.6) is 5.75 Å². The van der Waals surface area contributed by atoms with Gasteiger partial charge >= 0.3 is 0 Å². The number of aliphatic hydroxyl groups excluding tert-OH is 1. The zero-order valence-corrected chi connectivity index (χ0v) is 12.5. The van der Waals surface area contributed by atoms with Gasteiger partial charge in [-0.1, -0.05) is 13.0 Å². The molecular formula is C16H24N2O2. The van der Waals surface area contributed by atoms with Gasteiger partial charge in [0.15, 0.2) is 0 Å². The second-order valence-electron chi connectivity index (χ2n) is 6.28. The summed E-state index contributed by atoms with van der Waals surface area (Å²) in [6, 6.07) is 7.17. The van der Waals surface area contributed by atoms with E-state index < -0.39 is 0 Å². The summed E-state index contributed by atoms with van der Waals surface area (Å²) in [6.45, 7) is 3.45. The van der Waals surface area contributed by atoms with Crippen LogP contribution >= 0.6 is 0 Å². The van der Waals surface area contributed by atoms with E-state index in [0.29, 0.717) is 6.04 Å². The van der Waals surface area contributed by atoms with Crippen LogP contribution < -0.4 is 10.1 Å². The highest BCUT2D eigenvalue weighted by atomic mass is 16.5. The Morgan fingerprint density at radius 2 is 2.30 bits per heavy atom. The summed E-state index contributed by atoms with van der Waals surface area (Å²) in [5.74, 6) is 0.921. The molecule has 0 spiro atoms. The van der Waals surface area contributed by atoms with Crippen molar-refractivity contribution < 1.29 is 9.84 Å². The minimum Gasteiger partial charge on any atom is -0.497 e. The van der Waals surface area contributed by atoms with Crippen molar-refractivity contribution in [3.8, 4) is 5.75 Å². The molecule has 3 atom stereocenters. The summed E-state index contributed by atoms with van der Waals surface area (Å²) in [7, 11) is 3.90. The quantitative estimate of drug-likeness (QED) is 0.812. The number of likely N-dealkylation sites (tertiary alicyclic amines) is 1. The van der Waals surface area contributed by atoms with Gasteiger partial charge < -0.3 is 14.7 Å². The lowest BCUT2D eigenvalue weighted by molar-refractivity contribution is 0.0504. The molecule has 110 valence electrons. The first kappa shape index (κ1) is 13.9. The van der Waals surface area contributed by atoms with E-state index in [1.54, 1.807) is 7.11 Å². The normalized spacial score (nSPS) is 32.8. The predicted molar refractivity (Wildman–Crippen MR) is 79.1 cm³/mol. The number of piperidine rings is 1. The fraction of sp³-hybridized carbons (Fsp3) is 0.625. The second kappa shape index (κ2) is 5.02. The zero-order chi connectivity index (χ0) is 14.3. The molecule has 1 aromatic carbocycles. The fourth-order valence-corrected chi connectivity index (χ4v) is 4.06. The molecule has 2 bridgehead atoms. The smallest absolute Gasteiger partial charge is 0.119 e. The Kier molecular flexibility index (Phi) is 3.48. The molecule has 3 rings (SSSR count). The van der Waals surface area contributed by atoms with Crippen LogP contribution in [0.1, 0.15) is 24.5 Å². The maximum absolute atomic E-state index is 9.37. The number of nitrogens with zero attached hydrogens (tertiary/aromatic N) is 1. The number of fused-ring (bicyclic) bond motifs is 4. The molecule has 1 aliphatic heterocycles. The number of aliphatic hydroxyl groups is 1. The van der Waals surface area contributed by atoms with E-state index in [2.05, 4.69) is 42.4 Å². The average molecular weight is 276 g/mol. The highest BCUT2D eigenvalue weighted by Gasteiger charge is 2.49. The van der Waals surface area contributed by atoms with Gasteiger partial charge in [-0.15, -0.1) is 0 Å². The third-order valence-electron chi connectivity index (χ3n) is 5.29. The molecule has 4 nitrogen and oxygen atoms in total. The average Bonchev–Trinajstić information content (AvgIpc) is 2.46. The Balaban J connectivity index is 2.09. The van der Waals surface area contributed by atoms with E-state index in [0.717, 1.165) is 25.1 Å². The number of rotatable bonds is 3. The Bertz CT molecular complexity index is 505. The van der Waals surface area contributed by atoms with Crippen molar-refractivity contribution in [2.45, 2.75) is 37.3 Å². The number of hydrogen-bond acceptors (Lipinski definition) is 4. The van der Waals surface area contributed by atoms with Gasteiger partial charge in [0.1, 0.15) is 5.75 Å². The minimum absolute atomic E-state index is 0.0316. The highest BCUT2D eigenvalue weighted by molar-refractivity contribution is 5.45. The topological polar surface area (TPSA) is 44.7 Å². The molecule has 2 aliphatic rings. The molecule has 1 fully saturated rings. The molecule has 20 heavy (non-hydrogen) atoms. The van der Waals surface area contributed by atoms with Crippen LogP contribution in [0.25, 0.3) is 0 Å². The first-order valence-corrected chi connectivity index (χ1v) is 7.32. The van der Waals surface area contributed by atoms with E-state index in [1.807, 2.05) is 0 Å². The SMILES string of the molecule is COc1ccc2c(c1)C1(C)CCN(C)C(C2)C1NCO. The van der Waals surface area contributed by atoms with E-state index >= 15 is 0 Å². The van der Waals surface area contributed by atoms with Gasteiger partial charge in [-0.3, -0.25) is 5.32 Å². The summed E-state index contributed by atoms with van der Waals surface area (Å²) in [4.78, 5) is 2.42. The van der Waals surface area contributed by atoms with Gasteiger partial charge in [0.25, 0.3) is 0 Å². The van der Waals surface area contributed by atoms with Crippen molar-refractivity contribution in [3.63, 3.8) is 0 Å². The molecule has 3 unspecified atom stereocenters. The van der Waals surface area contributed by atoms with Gasteiger partial charge in [-0.2, -0.15) is 0 Å². The summed E-state index contributed by atoms with van der Waals surface area (Å²) in [6.07, 6.45) is 2.13. The first-order chi connectivity index (χ1) is 9.60. The van der Waals surface area contributed by atoms with Gasteiger partial charge in [0.2, 0.25) is 0 Å². The Morgan fingerprint density at radius 3 is 3.00 bits per heavy atom. The van der Waals surface area contributed by atoms with E-state index in [-0.39, 0.29) is 18.2 Å². The van der Waals surface area contributed by atoms with Crippen molar-refractivity contribution in [1.29, 1.82) is 0 Å². The van der Waals surface area contributed by atoms with Gasteiger partial charge in [0, 0.05) is 17.5 Å². The highest BCUT2D eigenvalue weighted by Crippen LogP contribution is 2.45. The molecule has 0 aromatic heterocycles. The van der Waals surface area contributed by atoms with Crippen molar-refractivity contribution in [2.75, 3.05) is 27.4 Å². The van der Waals surface area contributed by atoms with E-state index in [4.69, 9.17) is 4.74 Å². The molecule has 4 heteroatoms. The third-order valence-corrected chi connectivity index (χ3v) is 5.29. The molecular weight excluding hydrogens is 252 g/mol. The number of hydrogen-bond donors (Lipinski definition) is 2. The van der Waals surface area contributed by atoms with Crippen molar-refractivity contribution >= 4 is 0 Å². The molecule has 1 saturated heterocycles. The number of ether oxygens (including phenoxy) is 1. The molecule has 0 saturated carbocycles. The summed E-state index contributed by atoms with van der Waals surface area (Å²) in [5.41, 5.74) is 2.86. The summed E-state index contributed by atoms with van der Waals surface area (Å²) < 4.78 is 5.40. The van der Waals surface area contributed by atoms with E-state index in [9.17, 15) is 5.11 Å². The molecule has 2 N–H and O–H groups in total. The number of nitrogens with one attached hydrogen (secondary N) is 1. The lowest BCUT2D eigenvalue weighted by atomic mass is 9.62. The van der Waals surface area contributed by atoms with Crippen LogP contribution in [0.15, 0.2) is 18.2 Å². The van der Waals surface area contributed by atoms with Crippen LogP contribution in [-0.4, -0.2) is 49.5 Å². The second-order valence-corrected chi connectivity index (χ2v) is 6.28. The van der Waals surface area contributed by atoms with Crippen molar-refractivity contribution in [2.24, 2.45) is 0 Å². The third kappa shape index (κ3) is 1.94. The van der Waals surface area contributed by atoms with Crippen LogP contribution in [0.4, 0.5) is 0 Å². The molecule has 0 amide bonds. The van der Waals surface area contributed by atoms with Crippen LogP contribution in [0.3, 0.4) is 0 Å². The number of likely N-dealkylation sites (N-methyl/N-ethyl adjacent to an activating group) is 1.